The maximum atomic E-state index is 11.5. The number of aliphatic hydroxyl groups is 2. The van der Waals surface area contributed by atoms with Crippen LogP contribution in [0.1, 0.15) is 48.2 Å². The van der Waals surface area contributed by atoms with Crippen LogP contribution in [0.15, 0.2) is 4.47 Å². The molecule has 1 aromatic rings. The first kappa shape index (κ1) is 13.7. The fourth-order valence-corrected chi connectivity index (χ4v) is 3.41. The number of benzene rings is 1. The highest BCUT2D eigenvalue weighted by atomic mass is 79.9. The zero-order valence-corrected chi connectivity index (χ0v) is 12.4. The lowest BCUT2D eigenvalue weighted by molar-refractivity contribution is -0.199. The molecule has 2 unspecified atom stereocenters. The molecule has 3 rings (SSSR count). The van der Waals surface area contributed by atoms with Crippen LogP contribution in [0, 0.1) is 0 Å². The van der Waals surface area contributed by atoms with Gasteiger partial charge in [0.1, 0.15) is 17.1 Å². The normalized spacial score (nSPS) is 29.2. The van der Waals surface area contributed by atoms with Crippen LogP contribution in [0.2, 0.25) is 0 Å². The summed E-state index contributed by atoms with van der Waals surface area (Å²) in [7, 11) is 0. The Morgan fingerprint density at radius 1 is 1.10 bits per heavy atom. The van der Waals surface area contributed by atoms with Gasteiger partial charge in [0.05, 0.1) is 15.6 Å². The Bertz CT molecular complexity index is 642. The van der Waals surface area contributed by atoms with Crippen molar-refractivity contribution in [1.82, 2.24) is 0 Å². The van der Waals surface area contributed by atoms with Gasteiger partial charge in [0.2, 0.25) is 11.6 Å². The van der Waals surface area contributed by atoms with Crippen molar-refractivity contribution < 1.29 is 29.6 Å². The zero-order valence-electron chi connectivity index (χ0n) is 10.9. The van der Waals surface area contributed by atoms with Gasteiger partial charge in [-0.25, -0.2) is 4.79 Å². The summed E-state index contributed by atoms with van der Waals surface area (Å²) in [4.78, 5) is 11.5. The van der Waals surface area contributed by atoms with Gasteiger partial charge < -0.3 is 24.8 Å². The molecule has 0 amide bonds. The van der Waals surface area contributed by atoms with Crippen LogP contribution in [0.4, 0.5) is 0 Å². The molecule has 2 atom stereocenters. The molecule has 20 heavy (non-hydrogen) atoms. The van der Waals surface area contributed by atoms with Gasteiger partial charge in [-0.05, 0) is 15.9 Å². The van der Waals surface area contributed by atoms with Crippen molar-refractivity contribution in [2.24, 2.45) is 0 Å². The Balaban J connectivity index is 2.31. The van der Waals surface area contributed by atoms with Crippen molar-refractivity contribution in [3.63, 3.8) is 0 Å². The summed E-state index contributed by atoms with van der Waals surface area (Å²) in [5.74, 6) is -4.03. The number of carbonyl (C=O) groups is 1. The summed E-state index contributed by atoms with van der Waals surface area (Å²) < 4.78 is 11.0. The van der Waals surface area contributed by atoms with E-state index in [4.69, 9.17) is 9.47 Å². The SMILES string of the molecule is CCC1(O)Oc2c(C(=O)O)c3c(c(Br)c21)OC3(O)CC. The van der Waals surface area contributed by atoms with E-state index in [1.54, 1.807) is 13.8 Å². The van der Waals surface area contributed by atoms with Gasteiger partial charge in [0.15, 0.2) is 0 Å². The summed E-state index contributed by atoms with van der Waals surface area (Å²) in [6.45, 7) is 3.41. The number of halogens is 1. The minimum absolute atomic E-state index is 0.0858. The van der Waals surface area contributed by atoms with Crippen LogP contribution in [0.3, 0.4) is 0 Å². The van der Waals surface area contributed by atoms with Gasteiger partial charge in [0, 0.05) is 12.8 Å². The average Bonchev–Trinajstić information content (AvgIpc) is 2.37. The topological polar surface area (TPSA) is 96.2 Å². The highest BCUT2D eigenvalue weighted by Gasteiger charge is 2.56. The molecular formula is C13H13BrO6. The number of hydrogen-bond acceptors (Lipinski definition) is 5. The van der Waals surface area contributed by atoms with Gasteiger partial charge in [0.25, 0.3) is 0 Å². The van der Waals surface area contributed by atoms with Crippen molar-refractivity contribution in [2.45, 2.75) is 38.3 Å². The van der Waals surface area contributed by atoms with E-state index in [1.807, 2.05) is 0 Å². The molecule has 0 saturated heterocycles. The maximum Gasteiger partial charge on any atom is 0.340 e. The molecular weight excluding hydrogens is 332 g/mol. The van der Waals surface area contributed by atoms with Crippen LogP contribution in [0.25, 0.3) is 0 Å². The molecule has 2 aliphatic rings. The molecule has 0 aromatic heterocycles. The highest BCUT2D eigenvalue weighted by Crippen LogP contribution is 2.61. The Labute approximate surface area is 123 Å². The summed E-state index contributed by atoms with van der Waals surface area (Å²) in [5.41, 5.74) is 0.400. The van der Waals surface area contributed by atoms with E-state index in [0.29, 0.717) is 10.0 Å². The Kier molecular flexibility index (Phi) is 2.64. The van der Waals surface area contributed by atoms with Gasteiger partial charge in [-0.15, -0.1) is 0 Å². The van der Waals surface area contributed by atoms with Gasteiger partial charge >= 0.3 is 5.97 Å². The van der Waals surface area contributed by atoms with Crippen LogP contribution < -0.4 is 9.47 Å². The fraction of sp³-hybridized carbons (Fsp3) is 0.462. The molecule has 2 aliphatic heterocycles. The van der Waals surface area contributed by atoms with Crippen molar-refractivity contribution in [3.8, 4) is 11.5 Å². The lowest BCUT2D eigenvalue weighted by Gasteiger charge is -2.47. The van der Waals surface area contributed by atoms with Crippen molar-refractivity contribution in [3.05, 3.63) is 21.2 Å². The molecule has 0 bridgehead atoms. The molecule has 0 fully saturated rings. The fourth-order valence-electron chi connectivity index (χ4n) is 2.64. The van der Waals surface area contributed by atoms with Crippen LogP contribution in [-0.2, 0) is 11.6 Å². The predicted molar refractivity (Wildman–Crippen MR) is 70.7 cm³/mol. The summed E-state index contributed by atoms with van der Waals surface area (Å²) in [6.07, 6.45) is 0.484. The summed E-state index contributed by atoms with van der Waals surface area (Å²) in [5, 5.41) is 29.8. The molecule has 0 radical (unpaired) electrons. The molecule has 108 valence electrons. The lowest BCUT2D eigenvalue weighted by Crippen LogP contribution is -2.48. The molecule has 0 saturated carbocycles. The quantitative estimate of drug-likeness (QED) is 0.776. The third-order valence-electron chi connectivity index (χ3n) is 3.85. The maximum absolute atomic E-state index is 11.5. The van der Waals surface area contributed by atoms with Crippen molar-refractivity contribution in [2.75, 3.05) is 0 Å². The Hall–Kier alpha value is -1.31. The molecule has 6 nitrogen and oxygen atoms in total. The number of ether oxygens (including phenoxy) is 2. The number of carboxylic acids is 1. The number of fused-ring (bicyclic) bond motifs is 2. The van der Waals surface area contributed by atoms with Gasteiger partial charge in [-0.2, -0.15) is 0 Å². The minimum Gasteiger partial charge on any atom is -0.478 e. The average molecular weight is 345 g/mol. The standard InChI is InChI=1S/C13H13BrO6/c1-3-12(17)6-5(11(15)16)9-7(8(14)10(6)20-12)13(18,4-2)19-9/h17-18H,3-4H2,1-2H3,(H,15,16). The molecule has 7 heteroatoms. The second-order valence-corrected chi connectivity index (χ2v) is 5.68. The van der Waals surface area contributed by atoms with Crippen LogP contribution in [0.5, 0.6) is 11.5 Å². The van der Waals surface area contributed by atoms with E-state index in [1.165, 1.54) is 0 Å². The zero-order chi connectivity index (χ0) is 14.9. The minimum atomic E-state index is -1.62. The molecule has 0 aliphatic carbocycles. The van der Waals surface area contributed by atoms with E-state index in [9.17, 15) is 20.1 Å². The third-order valence-corrected chi connectivity index (χ3v) is 4.60. The van der Waals surface area contributed by atoms with E-state index >= 15 is 0 Å². The Morgan fingerprint density at radius 3 is 2.10 bits per heavy atom. The lowest BCUT2D eigenvalue weighted by atomic mass is 9.83. The number of hydrogen-bond donors (Lipinski definition) is 3. The third kappa shape index (κ3) is 1.37. The number of carboxylic acid groups (broad SMARTS) is 1. The monoisotopic (exact) mass is 344 g/mol. The van der Waals surface area contributed by atoms with Crippen molar-refractivity contribution >= 4 is 21.9 Å². The predicted octanol–water partition coefficient (Wildman–Crippen LogP) is 2.04. The first-order valence-corrected chi connectivity index (χ1v) is 7.04. The van der Waals surface area contributed by atoms with Crippen molar-refractivity contribution in [1.29, 1.82) is 0 Å². The molecule has 1 aromatic carbocycles. The van der Waals surface area contributed by atoms with E-state index in [2.05, 4.69) is 15.9 Å². The van der Waals surface area contributed by atoms with Gasteiger partial charge in [-0.3, -0.25) is 0 Å². The van der Waals surface area contributed by atoms with E-state index in [-0.39, 0.29) is 35.5 Å². The number of aromatic carboxylic acids is 1. The second kappa shape index (κ2) is 3.87. The first-order valence-electron chi connectivity index (χ1n) is 6.25. The largest absolute Gasteiger partial charge is 0.478 e. The summed E-state index contributed by atoms with van der Waals surface area (Å²) in [6, 6.07) is 0. The molecule has 2 heterocycles. The van der Waals surface area contributed by atoms with E-state index < -0.39 is 17.5 Å². The number of rotatable bonds is 3. The highest BCUT2D eigenvalue weighted by molar-refractivity contribution is 9.10. The Morgan fingerprint density at radius 2 is 1.60 bits per heavy atom. The van der Waals surface area contributed by atoms with Crippen LogP contribution in [-0.4, -0.2) is 21.3 Å². The van der Waals surface area contributed by atoms with Crippen LogP contribution >= 0.6 is 15.9 Å². The molecule has 3 N–H and O–H groups in total. The molecule has 0 spiro atoms. The van der Waals surface area contributed by atoms with Gasteiger partial charge in [-0.1, -0.05) is 13.8 Å². The second-order valence-electron chi connectivity index (χ2n) is 4.88. The first-order chi connectivity index (χ1) is 9.29. The summed E-state index contributed by atoms with van der Waals surface area (Å²) >= 11 is 3.29. The van der Waals surface area contributed by atoms with E-state index in [0.717, 1.165) is 0 Å². The smallest absolute Gasteiger partial charge is 0.340 e.